The molecule has 0 saturated carbocycles. The molecule has 1 N–H and O–H groups in total. The van der Waals surface area contributed by atoms with Crippen molar-refractivity contribution in [3.05, 3.63) is 57.1 Å². The lowest BCUT2D eigenvalue weighted by Gasteiger charge is -2.25. The van der Waals surface area contributed by atoms with E-state index in [2.05, 4.69) is 5.32 Å². The van der Waals surface area contributed by atoms with Crippen LogP contribution >= 0.6 is 0 Å². The molecule has 1 amide bonds. The molecule has 0 aliphatic rings. The number of benzene rings is 2. The summed E-state index contributed by atoms with van der Waals surface area (Å²) in [6.07, 6.45) is 0.921. The lowest BCUT2D eigenvalue weighted by Crippen LogP contribution is -2.41. The van der Waals surface area contributed by atoms with E-state index in [1.807, 2.05) is 32.9 Å². The van der Waals surface area contributed by atoms with Crippen LogP contribution in [0, 0.1) is 17.0 Å². The zero-order chi connectivity index (χ0) is 25.8. The first-order valence-electron chi connectivity index (χ1n) is 10.6. The van der Waals surface area contributed by atoms with Crippen LogP contribution in [-0.2, 0) is 14.8 Å². The number of nitro benzene ring substituents is 1. The van der Waals surface area contributed by atoms with Gasteiger partial charge in [0.05, 0.1) is 31.4 Å². The molecule has 0 unspecified atom stereocenters. The smallest absolute Gasteiger partial charge is 0.271 e. The number of anilines is 1. The largest absolute Gasteiger partial charge is 0.496 e. The highest BCUT2D eigenvalue weighted by Gasteiger charge is 2.27. The summed E-state index contributed by atoms with van der Waals surface area (Å²) in [6.45, 7) is 7.21. The van der Waals surface area contributed by atoms with Crippen molar-refractivity contribution >= 4 is 27.3 Å². The number of hydrogen-bond acceptors (Lipinski definition) is 7. The molecule has 0 aromatic heterocycles. The van der Waals surface area contributed by atoms with Crippen molar-refractivity contribution in [3.8, 4) is 11.5 Å². The van der Waals surface area contributed by atoms with Crippen LogP contribution in [0.3, 0.4) is 0 Å². The maximum absolute atomic E-state index is 12.9. The van der Waals surface area contributed by atoms with Crippen molar-refractivity contribution in [3.63, 3.8) is 0 Å². The summed E-state index contributed by atoms with van der Waals surface area (Å²) in [7, 11) is -1.05. The van der Waals surface area contributed by atoms with Gasteiger partial charge in [0.2, 0.25) is 15.9 Å². The van der Waals surface area contributed by atoms with Gasteiger partial charge in [-0.1, -0.05) is 13.8 Å². The Morgan fingerprint density at radius 1 is 1.09 bits per heavy atom. The first kappa shape index (κ1) is 26.9. The molecule has 2 aromatic rings. The number of nitro groups is 1. The van der Waals surface area contributed by atoms with Crippen LogP contribution < -0.4 is 19.1 Å². The number of nitrogens with zero attached hydrogens (tertiary/aromatic N) is 2. The number of sulfonamides is 1. The summed E-state index contributed by atoms with van der Waals surface area (Å²) in [4.78, 5) is 23.5. The predicted octanol–water partition coefficient (Wildman–Crippen LogP) is 3.69. The molecule has 0 heterocycles. The normalized spacial score (nSPS) is 12.2. The molecule has 34 heavy (non-hydrogen) atoms. The van der Waals surface area contributed by atoms with E-state index in [0.717, 1.165) is 39.1 Å². The van der Waals surface area contributed by atoms with E-state index in [0.29, 0.717) is 0 Å². The summed E-state index contributed by atoms with van der Waals surface area (Å²) in [6, 6.07) is 7.01. The molecule has 0 aliphatic carbocycles. The van der Waals surface area contributed by atoms with E-state index >= 15 is 0 Å². The van der Waals surface area contributed by atoms with Gasteiger partial charge >= 0.3 is 0 Å². The number of amides is 1. The molecule has 1 atom stereocenters. The van der Waals surface area contributed by atoms with Crippen molar-refractivity contribution in [2.75, 3.05) is 31.3 Å². The molecule has 2 rings (SSSR count). The second-order valence-electron chi connectivity index (χ2n) is 8.28. The third-order valence-electron chi connectivity index (χ3n) is 5.41. The molecule has 0 spiro atoms. The monoisotopic (exact) mass is 493 g/mol. The third kappa shape index (κ3) is 6.16. The van der Waals surface area contributed by atoms with Gasteiger partial charge in [-0.25, -0.2) is 8.42 Å². The molecular weight excluding hydrogens is 462 g/mol. The van der Waals surface area contributed by atoms with Gasteiger partial charge in [-0.3, -0.25) is 19.2 Å². The first-order chi connectivity index (χ1) is 15.8. The predicted molar refractivity (Wildman–Crippen MR) is 130 cm³/mol. The van der Waals surface area contributed by atoms with Crippen molar-refractivity contribution < 1.29 is 27.6 Å². The third-order valence-corrected chi connectivity index (χ3v) is 6.54. The summed E-state index contributed by atoms with van der Waals surface area (Å²) in [5.41, 5.74) is 2.35. The van der Waals surface area contributed by atoms with E-state index < -0.39 is 33.4 Å². The van der Waals surface area contributed by atoms with E-state index in [1.54, 1.807) is 14.0 Å². The number of rotatable bonds is 10. The second kappa shape index (κ2) is 10.7. The Labute approximate surface area is 200 Å². The molecule has 0 radical (unpaired) electrons. The fourth-order valence-corrected chi connectivity index (χ4v) is 4.53. The molecule has 10 nitrogen and oxygen atoms in total. The van der Waals surface area contributed by atoms with Crippen molar-refractivity contribution in [2.45, 2.75) is 39.7 Å². The fourth-order valence-electron chi connectivity index (χ4n) is 3.67. The van der Waals surface area contributed by atoms with Crippen molar-refractivity contribution in [1.82, 2.24) is 5.32 Å². The minimum absolute atomic E-state index is 0.0875. The zero-order valence-corrected chi connectivity index (χ0v) is 21.2. The van der Waals surface area contributed by atoms with Crippen LogP contribution in [0.2, 0.25) is 0 Å². The summed E-state index contributed by atoms with van der Waals surface area (Å²) in [5.74, 6) is 0.465. The van der Waals surface area contributed by atoms with Crippen molar-refractivity contribution in [2.24, 2.45) is 0 Å². The maximum atomic E-state index is 12.9. The highest BCUT2D eigenvalue weighted by Crippen LogP contribution is 2.34. The van der Waals surface area contributed by atoms with E-state index in [1.165, 1.54) is 19.2 Å². The van der Waals surface area contributed by atoms with Gasteiger partial charge < -0.3 is 14.8 Å². The molecule has 0 aliphatic heterocycles. The molecule has 2 aromatic carbocycles. The average molecular weight is 494 g/mol. The van der Waals surface area contributed by atoms with Gasteiger partial charge in [0.25, 0.3) is 5.69 Å². The minimum Gasteiger partial charge on any atom is -0.496 e. The number of methoxy groups -OCH3 is 2. The van der Waals surface area contributed by atoms with Gasteiger partial charge in [-0.05, 0) is 54.7 Å². The lowest BCUT2D eigenvalue weighted by atomic mass is 9.93. The Morgan fingerprint density at radius 2 is 1.71 bits per heavy atom. The number of carbonyl (C=O) groups is 1. The zero-order valence-electron chi connectivity index (χ0n) is 20.4. The van der Waals surface area contributed by atoms with E-state index in [-0.39, 0.29) is 23.0 Å². The quantitative estimate of drug-likeness (QED) is 0.395. The van der Waals surface area contributed by atoms with E-state index in [4.69, 9.17) is 9.47 Å². The van der Waals surface area contributed by atoms with Crippen LogP contribution in [-0.4, -0.2) is 46.3 Å². The standard InChI is InChI=1S/C23H31N3O7S/c1-14(2)18-12-19(15(3)10-22(18)33-6)16(4)24-23(27)13-25(34(7,30)31)20-11-17(26(28)29)8-9-21(20)32-5/h8-12,14,16H,13H2,1-7H3,(H,24,27)/t16-/m0/s1. The maximum Gasteiger partial charge on any atom is 0.271 e. The van der Waals surface area contributed by atoms with E-state index in [9.17, 15) is 23.3 Å². The van der Waals surface area contributed by atoms with Crippen molar-refractivity contribution in [1.29, 1.82) is 0 Å². The molecular formula is C23H31N3O7S. The molecule has 11 heteroatoms. The molecule has 0 saturated heterocycles. The highest BCUT2D eigenvalue weighted by atomic mass is 32.2. The fraction of sp³-hybridized carbons (Fsp3) is 0.435. The number of carbonyl (C=O) groups excluding carboxylic acids is 1. The van der Waals surface area contributed by atoms with Crippen LogP contribution in [0.5, 0.6) is 11.5 Å². The number of non-ortho nitro benzene ring substituents is 1. The topological polar surface area (TPSA) is 128 Å². The highest BCUT2D eigenvalue weighted by molar-refractivity contribution is 7.92. The second-order valence-corrected chi connectivity index (χ2v) is 10.2. The Hall–Kier alpha value is -3.34. The van der Waals surface area contributed by atoms with Gasteiger partial charge in [-0.15, -0.1) is 0 Å². The summed E-state index contributed by atoms with van der Waals surface area (Å²) >= 11 is 0. The summed E-state index contributed by atoms with van der Waals surface area (Å²) in [5, 5.41) is 14.0. The van der Waals surface area contributed by atoms with Gasteiger partial charge in [0.15, 0.2) is 0 Å². The molecule has 186 valence electrons. The molecule has 0 fully saturated rings. The number of ether oxygens (including phenoxy) is 2. The Morgan fingerprint density at radius 3 is 2.21 bits per heavy atom. The van der Waals surface area contributed by atoms with Crippen LogP contribution in [0.1, 0.15) is 49.4 Å². The first-order valence-corrected chi connectivity index (χ1v) is 12.4. The van der Waals surface area contributed by atoms with Gasteiger partial charge in [-0.2, -0.15) is 0 Å². The molecule has 0 bridgehead atoms. The number of hydrogen-bond donors (Lipinski definition) is 1. The summed E-state index contributed by atoms with van der Waals surface area (Å²) < 4.78 is 36.5. The Bertz CT molecular complexity index is 1180. The Kier molecular flexibility index (Phi) is 8.49. The Balaban J connectivity index is 2.37. The lowest BCUT2D eigenvalue weighted by molar-refractivity contribution is -0.384. The SMILES string of the molecule is COc1cc(C)c([C@H](C)NC(=O)CN(c2cc([N+](=O)[O-])ccc2OC)S(C)(=O)=O)cc1C(C)C. The minimum atomic E-state index is -3.97. The van der Waals surface area contributed by atoms with Crippen LogP contribution in [0.25, 0.3) is 0 Å². The van der Waals surface area contributed by atoms with Gasteiger partial charge in [0.1, 0.15) is 23.7 Å². The number of aryl methyl sites for hydroxylation is 1. The average Bonchev–Trinajstić information content (AvgIpc) is 2.75. The number of nitrogens with one attached hydrogen (secondary N) is 1. The van der Waals surface area contributed by atoms with Crippen LogP contribution in [0.15, 0.2) is 30.3 Å². The van der Waals surface area contributed by atoms with Gasteiger partial charge in [0, 0.05) is 12.1 Å². The van der Waals surface area contributed by atoms with Crippen LogP contribution in [0.4, 0.5) is 11.4 Å².